The first kappa shape index (κ1) is 14.9. The molecule has 0 aliphatic carbocycles. The molecular formula is C14H17NO4. The van der Waals surface area contributed by atoms with Crippen molar-refractivity contribution in [2.75, 3.05) is 7.11 Å². The SMILES string of the molecule is C=CC(C(=O)OC)C(N)c1ccc(CC(=O)O)cc1. The second kappa shape index (κ2) is 6.70. The molecule has 1 rings (SSSR count). The average molecular weight is 263 g/mol. The molecule has 0 heterocycles. The van der Waals surface area contributed by atoms with Crippen LogP contribution in [0.3, 0.4) is 0 Å². The molecule has 2 unspecified atom stereocenters. The minimum Gasteiger partial charge on any atom is -0.481 e. The Bertz CT molecular complexity index is 467. The molecular weight excluding hydrogens is 246 g/mol. The molecule has 19 heavy (non-hydrogen) atoms. The Hall–Kier alpha value is -2.14. The summed E-state index contributed by atoms with van der Waals surface area (Å²) in [7, 11) is 1.29. The van der Waals surface area contributed by atoms with Crippen LogP contribution in [0.2, 0.25) is 0 Å². The van der Waals surface area contributed by atoms with E-state index in [0.717, 1.165) is 5.56 Å². The summed E-state index contributed by atoms with van der Waals surface area (Å²) in [6, 6.07) is 6.22. The minimum absolute atomic E-state index is 0.0442. The maximum absolute atomic E-state index is 11.5. The number of carbonyl (C=O) groups is 2. The Morgan fingerprint density at radius 3 is 2.42 bits per heavy atom. The number of ether oxygens (including phenoxy) is 1. The number of hydrogen-bond acceptors (Lipinski definition) is 4. The van der Waals surface area contributed by atoms with Crippen molar-refractivity contribution in [3.8, 4) is 0 Å². The van der Waals surface area contributed by atoms with E-state index in [1.807, 2.05) is 0 Å². The molecule has 2 atom stereocenters. The number of carboxylic acids is 1. The van der Waals surface area contributed by atoms with E-state index in [1.54, 1.807) is 24.3 Å². The van der Waals surface area contributed by atoms with Gasteiger partial charge in [0.2, 0.25) is 0 Å². The molecule has 0 amide bonds. The summed E-state index contributed by atoms with van der Waals surface area (Å²) in [5.41, 5.74) is 7.39. The zero-order valence-electron chi connectivity index (χ0n) is 10.7. The molecule has 1 aromatic carbocycles. The van der Waals surface area contributed by atoms with Crippen molar-refractivity contribution in [1.82, 2.24) is 0 Å². The standard InChI is InChI=1S/C14H17NO4/c1-3-11(14(18)19-2)13(15)10-6-4-9(5-7-10)8-12(16)17/h3-7,11,13H,1,8,15H2,2H3,(H,16,17). The van der Waals surface area contributed by atoms with Gasteiger partial charge in [0.05, 0.1) is 19.4 Å². The van der Waals surface area contributed by atoms with Gasteiger partial charge in [-0.15, -0.1) is 6.58 Å². The fourth-order valence-electron chi connectivity index (χ4n) is 1.77. The summed E-state index contributed by atoms with van der Waals surface area (Å²) in [6.07, 6.45) is 1.40. The Morgan fingerprint density at radius 2 is 2.00 bits per heavy atom. The van der Waals surface area contributed by atoms with E-state index in [2.05, 4.69) is 11.3 Å². The predicted molar refractivity (Wildman–Crippen MR) is 70.4 cm³/mol. The molecule has 0 radical (unpaired) electrons. The lowest BCUT2D eigenvalue weighted by molar-refractivity contribution is -0.144. The second-order valence-corrected chi connectivity index (χ2v) is 4.12. The van der Waals surface area contributed by atoms with Crippen LogP contribution >= 0.6 is 0 Å². The number of esters is 1. The number of aliphatic carboxylic acids is 1. The molecule has 3 N–H and O–H groups in total. The van der Waals surface area contributed by atoms with Gasteiger partial charge in [0.15, 0.2) is 0 Å². The number of carboxylic acid groups (broad SMARTS) is 1. The highest BCUT2D eigenvalue weighted by Crippen LogP contribution is 2.22. The van der Waals surface area contributed by atoms with Crippen molar-refractivity contribution in [2.45, 2.75) is 12.5 Å². The molecule has 0 bridgehead atoms. The van der Waals surface area contributed by atoms with E-state index in [4.69, 9.17) is 10.8 Å². The molecule has 0 aliphatic heterocycles. The lowest BCUT2D eigenvalue weighted by Gasteiger charge is -2.19. The summed E-state index contributed by atoms with van der Waals surface area (Å²) in [5, 5.41) is 8.68. The van der Waals surface area contributed by atoms with Gasteiger partial charge in [-0.05, 0) is 11.1 Å². The average Bonchev–Trinajstić information content (AvgIpc) is 2.39. The maximum atomic E-state index is 11.5. The fraction of sp³-hybridized carbons (Fsp3) is 0.286. The van der Waals surface area contributed by atoms with Gasteiger partial charge >= 0.3 is 11.9 Å². The third-order valence-electron chi connectivity index (χ3n) is 2.83. The Morgan fingerprint density at radius 1 is 1.42 bits per heavy atom. The molecule has 5 nitrogen and oxygen atoms in total. The third kappa shape index (κ3) is 3.93. The zero-order chi connectivity index (χ0) is 14.4. The first-order valence-corrected chi connectivity index (χ1v) is 5.76. The van der Waals surface area contributed by atoms with Gasteiger partial charge in [-0.2, -0.15) is 0 Å². The first-order chi connectivity index (χ1) is 8.99. The lowest BCUT2D eigenvalue weighted by Crippen LogP contribution is -2.27. The number of rotatable bonds is 6. The number of methoxy groups -OCH3 is 1. The molecule has 0 fully saturated rings. The molecule has 0 aromatic heterocycles. The van der Waals surface area contributed by atoms with Gasteiger partial charge in [-0.1, -0.05) is 30.3 Å². The van der Waals surface area contributed by atoms with Gasteiger partial charge < -0.3 is 15.6 Å². The highest BCUT2D eigenvalue weighted by atomic mass is 16.5. The Balaban J connectivity index is 2.87. The van der Waals surface area contributed by atoms with E-state index < -0.39 is 23.9 Å². The van der Waals surface area contributed by atoms with E-state index in [9.17, 15) is 9.59 Å². The highest BCUT2D eigenvalue weighted by molar-refractivity contribution is 5.75. The number of carbonyl (C=O) groups excluding carboxylic acids is 1. The molecule has 0 spiro atoms. The summed E-state index contributed by atoms with van der Waals surface area (Å²) in [4.78, 5) is 22.1. The van der Waals surface area contributed by atoms with Crippen molar-refractivity contribution in [3.05, 3.63) is 48.0 Å². The highest BCUT2D eigenvalue weighted by Gasteiger charge is 2.24. The summed E-state index contributed by atoms with van der Waals surface area (Å²) >= 11 is 0. The molecule has 0 saturated carbocycles. The van der Waals surface area contributed by atoms with Crippen LogP contribution in [0.4, 0.5) is 0 Å². The van der Waals surface area contributed by atoms with Gasteiger partial charge in [-0.3, -0.25) is 9.59 Å². The van der Waals surface area contributed by atoms with Gasteiger partial charge in [0.25, 0.3) is 0 Å². The minimum atomic E-state index is -0.893. The van der Waals surface area contributed by atoms with E-state index in [0.29, 0.717) is 5.56 Å². The van der Waals surface area contributed by atoms with Crippen LogP contribution in [0.5, 0.6) is 0 Å². The monoisotopic (exact) mass is 263 g/mol. The summed E-state index contributed by atoms with van der Waals surface area (Å²) in [5.74, 6) is -1.97. The molecule has 1 aromatic rings. The number of benzene rings is 1. The van der Waals surface area contributed by atoms with Crippen molar-refractivity contribution < 1.29 is 19.4 Å². The molecule has 5 heteroatoms. The first-order valence-electron chi connectivity index (χ1n) is 5.76. The second-order valence-electron chi connectivity index (χ2n) is 4.12. The van der Waals surface area contributed by atoms with Gasteiger partial charge in [0.1, 0.15) is 0 Å². The van der Waals surface area contributed by atoms with Crippen LogP contribution in [0.1, 0.15) is 17.2 Å². The smallest absolute Gasteiger partial charge is 0.314 e. The normalized spacial score (nSPS) is 13.4. The van der Waals surface area contributed by atoms with Crippen LogP contribution in [-0.4, -0.2) is 24.2 Å². The number of hydrogen-bond donors (Lipinski definition) is 2. The van der Waals surface area contributed by atoms with Crippen LogP contribution < -0.4 is 5.73 Å². The van der Waals surface area contributed by atoms with Crippen molar-refractivity contribution >= 4 is 11.9 Å². The Kier molecular flexibility index (Phi) is 5.26. The third-order valence-corrected chi connectivity index (χ3v) is 2.83. The van der Waals surface area contributed by atoms with Crippen LogP contribution in [0, 0.1) is 5.92 Å². The van der Waals surface area contributed by atoms with Gasteiger partial charge in [-0.25, -0.2) is 0 Å². The largest absolute Gasteiger partial charge is 0.481 e. The van der Waals surface area contributed by atoms with E-state index >= 15 is 0 Å². The summed E-state index contributed by atoms with van der Waals surface area (Å²) < 4.78 is 4.65. The molecule has 0 saturated heterocycles. The van der Waals surface area contributed by atoms with Crippen molar-refractivity contribution in [3.63, 3.8) is 0 Å². The Labute approximate surface area is 111 Å². The van der Waals surface area contributed by atoms with Gasteiger partial charge in [0, 0.05) is 6.04 Å². The van der Waals surface area contributed by atoms with Crippen molar-refractivity contribution in [2.24, 2.45) is 11.7 Å². The topological polar surface area (TPSA) is 89.6 Å². The van der Waals surface area contributed by atoms with E-state index in [1.165, 1.54) is 13.2 Å². The maximum Gasteiger partial charge on any atom is 0.314 e. The predicted octanol–water partition coefficient (Wildman–Crippen LogP) is 1.29. The van der Waals surface area contributed by atoms with E-state index in [-0.39, 0.29) is 6.42 Å². The molecule has 102 valence electrons. The lowest BCUT2D eigenvalue weighted by atomic mass is 9.93. The number of nitrogens with two attached hydrogens (primary N) is 1. The molecule has 0 aliphatic rings. The van der Waals surface area contributed by atoms with Crippen molar-refractivity contribution in [1.29, 1.82) is 0 Å². The zero-order valence-corrected chi connectivity index (χ0v) is 10.7. The quantitative estimate of drug-likeness (QED) is 0.596. The van der Waals surface area contributed by atoms with Crippen LogP contribution in [0.15, 0.2) is 36.9 Å². The van der Waals surface area contributed by atoms with Crippen LogP contribution in [-0.2, 0) is 20.7 Å². The fourth-order valence-corrected chi connectivity index (χ4v) is 1.77. The summed E-state index contributed by atoms with van der Waals surface area (Å²) in [6.45, 7) is 3.58. The van der Waals surface area contributed by atoms with Crippen LogP contribution in [0.25, 0.3) is 0 Å².